The van der Waals surface area contributed by atoms with Gasteiger partial charge in [0, 0.05) is 18.5 Å². The number of primary amides is 1. The van der Waals surface area contributed by atoms with Crippen molar-refractivity contribution in [1.29, 1.82) is 0 Å². The van der Waals surface area contributed by atoms with Crippen LogP contribution in [0.3, 0.4) is 0 Å². The molecule has 1 aliphatic carbocycles. The van der Waals surface area contributed by atoms with Gasteiger partial charge in [-0.25, -0.2) is 13.8 Å². The van der Waals surface area contributed by atoms with Crippen LogP contribution in [-0.4, -0.2) is 48.5 Å². The molecule has 2 amide bonds. The summed E-state index contributed by atoms with van der Waals surface area (Å²) < 4.78 is 32.3. The molecule has 3 N–H and O–H groups in total. The van der Waals surface area contributed by atoms with E-state index in [1.807, 2.05) is 6.92 Å². The summed E-state index contributed by atoms with van der Waals surface area (Å²) in [5, 5.41) is 2.76. The lowest BCUT2D eigenvalue weighted by atomic mass is 10.1. The van der Waals surface area contributed by atoms with Crippen LogP contribution >= 0.6 is 0 Å². The van der Waals surface area contributed by atoms with Crippen molar-refractivity contribution in [3.8, 4) is 5.88 Å². The van der Waals surface area contributed by atoms with Crippen molar-refractivity contribution in [2.45, 2.75) is 51.0 Å². The van der Waals surface area contributed by atoms with Crippen molar-refractivity contribution in [3.05, 3.63) is 17.8 Å². The highest BCUT2D eigenvalue weighted by molar-refractivity contribution is 5.98. The molecule has 7 nitrogen and oxygen atoms in total. The van der Waals surface area contributed by atoms with Crippen LogP contribution in [0.1, 0.15) is 49.5 Å². The number of amides is 2. The highest BCUT2D eigenvalue weighted by Gasteiger charge is 2.45. The first-order chi connectivity index (χ1) is 13.3. The monoisotopic (exact) mass is 396 g/mol. The van der Waals surface area contributed by atoms with Crippen molar-refractivity contribution in [2.24, 2.45) is 11.7 Å². The van der Waals surface area contributed by atoms with E-state index < -0.39 is 36.9 Å². The Bertz CT molecular complexity index is 732. The largest absolute Gasteiger partial charge is 0.477 e. The van der Waals surface area contributed by atoms with Gasteiger partial charge in [0.2, 0.25) is 11.8 Å². The third-order valence-corrected chi connectivity index (χ3v) is 4.83. The first-order valence-electron chi connectivity index (χ1n) is 9.63. The lowest BCUT2D eigenvalue weighted by Gasteiger charge is -2.40. The molecule has 0 spiro atoms. The van der Waals surface area contributed by atoms with E-state index in [0.29, 0.717) is 24.6 Å². The van der Waals surface area contributed by atoms with Gasteiger partial charge in [0.05, 0.1) is 25.4 Å². The highest BCUT2D eigenvalue weighted by Crippen LogP contribution is 2.35. The fourth-order valence-electron chi connectivity index (χ4n) is 3.18. The van der Waals surface area contributed by atoms with Crippen molar-refractivity contribution in [2.75, 3.05) is 24.6 Å². The van der Waals surface area contributed by atoms with Crippen LogP contribution in [-0.2, 0) is 4.79 Å². The number of hydrogen-bond acceptors (Lipinski definition) is 5. The second-order valence-corrected chi connectivity index (χ2v) is 7.61. The average molecular weight is 396 g/mol. The predicted molar refractivity (Wildman–Crippen MR) is 99.6 cm³/mol. The number of aromatic nitrogens is 1. The van der Waals surface area contributed by atoms with Gasteiger partial charge in [-0.05, 0) is 31.2 Å². The predicted octanol–water partition coefficient (Wildman–Crippen LogP) is 2.10. The fraction of sp³-hybridized carbons (Fsp3) is 0.632. The molecule has 154 valence electrons. The molecule has 0 aromatic carbocycles. The minimum absolute atomic E-state index is 0.00850. The molecule has 28 heavy (non-hydrogen) atoms. The summed E-state index contributed by atoms with van der Waals surface area (Å²) in [5.41, 5.74) is 5.61. The van der Waals surface area contributed by atoms with Gasteiger partial charge in [-0.2, -0.15) is 0 Å². The molecular formula is C19H26F2N4O3. The molecule has 2 fully saturated rings. The molecule has 1 saturated heterocycles. The molecule has 0 bridgehead atoms. The Morgan fingerprint density at radius 2 is 2.11 bits per heavy atom. The minimum Gasteiger partial charge on any atom is -0.477 e. The van der Waals surface area contributed by atoms with Gasteiger partial charge in [0.25, 0.3) is 11.8 Å². The number of anilines is 1. The number of nitrogens with zero attached hydrogens (tertiary/aromatic N) is 2. The standard InChI is InChI=1S/C19H26F2N4O3/c1-2-3-13(8-15(22)26)23-18(27)17-14(25-10-19(20,21)11-25)6-7-16(24-17)28-9-12-4-5-12/h6-7,12-13H,2-5,8-11H2,1H3,(H2,22,26)(H,23,27)/t13-/m0/s1. The maximum atomic E-state index is 13.3. The summed E-state index contributed by atoms with van der Waals surface area (Å²) in [6.07, 6.45) is 3.56. The smallest absolute Gasteiger partial charge is 0.282 e. The summed E-state index contributed by atoms with van der Waals surface area (Å²) in [6.45, 7) is 1.53. The van der Waals surface area contributed by atoms with Crippen LogP contribution in [0.5, 0.6) is 5.88 Å². The molecule has 1 aliphatic heterocycles. The SMILES string of the molecule is CCC[C@@H](CC(N)=O)NC(=O)c1nc(OCC2CC2)ccc1N1CC(F)(F)C1. The molecule has 9 heteroatoms. The van der Waals surface area contributed by atoms with Crippen LogP contribution in [0.2, 0.25) is 0 Å². The Morgan fingerprint density at radius 1 is 1.39 bits per heavy atom. The van der Waals surface area contributed by atoms with Crippen LogP contribution < -0.4 is 20.7 Å². The molecule has 1 atom stereocenters. The molecule has 0 radical (unpaired) electrons. The summed E-state index contributed by atoms with van der Waals surface area (Å²) in [6, 6.07) is 2.75. The maximum absolute atomic E-state index is 13.3. The van der Waals surface area contributed by atoms with Crippen molar-refractivity contribution >= 4 is 17.5 Å². The number of nitrogens with two attached hydrogens (primary N) is 1. The third-order valence-electron chi connectivity index (χ3n) is 4.83. The summed E-state index contributed by atoms with van der Waals surface area (Å²) in [7, 11) is 0. The van der Waals surface area contributed by atoms with Gasteiger partial charge in [-0.1, -0.05) is 13.3 Å². The molecule has 2 aliphatic rings. The molecular weight excluding hydrogens is 370 g/mol. The first kappa shape index (κ1) is 20.3. The number of hydrogen-bond donors (Lipinski definition) is 2. The Labute approximate surface area is 162 Å². The normalized spacial score (nSPS) is 18.9. The number of ether oxygens (including phenoxy) is 1. The number of halogens is 2. The zero-order valence-electron chi connectivity index (χ0n) is 15.9. The van der Waals surface area contributed by atoms with Gasteiger partial charge in [-0.15, -0.1) is 0 Å². The quantitative estimate of drug-likeness (QED) is 0.631. The zero-order chi connectivity index (χ0) is 20.3. The van der Waals surface area contributed by atoms with E-state index in [-0.39, 0.29) is 18.0 Å². The zero-order valence-corrected chi connectivity index (χ0v) is 15.9. The third kappa shape index (κ3) is 5.30. The van der Waals surface area contributed by atoms with Crippen molar-refractivity contribution < 1.29 is 23.1 Å². The van der Waals surface area contributed by atoms with Crippen LogP contribution in [0.4, 0.5) is 14.5 Å². The Morgan fingerprint density at radius 3 is 2.68 bits per heavy atom. The van der Waals surface area contributed by atoms with E-state index in [1.54, 1.807) is 12.1 Å². The van der Waals surface area contributed by atoms with E-state index in [2.05, 4.69) is 10.3 Å². The van der Waals surface area contributed by atoms with Crippen molar-refractivity contribution in [1.82, 2.24) is 10.3 Å². The average Bonchev–Trinajstić information content (AvgIpc) is 3.41. The summed E-state index contributed by atoms with van der Waals surface area (Å²) in [4.78, 5) is 29.8. The van der Waals surface area contributed by atoms with Gasteiger partial charge in [0.15, 0.2) is 5.69 Å². The number of pyridine rings is 1. The van der Waals surface area contributed by atoms with Crippen LogP contribution in [0, 0.1) is 5.92 Å². The van der Waals surface area contributed by atoms with Crippen LogP contribution in [0.25, 0.3) is 0 Å². The van der Waals surface area contributed by atoms with E-state index in [0.717, 1.165) is 19.3 Å². The Balaban J connectivity index is 1.78. The number of rotatable bonds is 10. The minimum atomic E-state index is -2.77. The number of carbonyl (C=O) groups is 2. The van der Waals surface area contributed by atoms with E-state index in [1.165, 1.54) is 4.90 Å². The summed E-state index contributed by atoms with van der Waals surface area (Å²) >= 11 is 0. The van der Waals surface area contributed by atoms with E-state index >= 15 is 0 Å². The molecule has 3 rings (SSSR count). The number of carbonyl (C=O) groups excluding carboxylic acids is 2. The molecule has 1 aromatic heterocycles. The lowest BCUT2D eigenvalue weighted by molar-refractivity contribution is -0.118. The van der Waals surface area contributed by atoms with Gasteiger partial charge < -0.3 is 20.7 Å². The Kier molecular flexibility index (Phi) is 6.00. The van der Waals surface area contributed by atoms with Crippen LogP contribution in [0.15, 0.2) is 12.1 Å². The van der Waals surface area contributed by atoms with Gasteiger partial charge in [-0.3, -0.25) is 9.59 Å². The highest BCUT2D eigenvalue weighted by atomic mass is 19.3. The summed E-state index contributed by atoms with van der Waals surface area (Å²) in [5.74, 6) is -3.02. The lowest BCUT2D eigenvalue weighted by Crippen LogP contribution is -2.57. The number of alkyl halides is 2. The van der Waals surface area contributed by atoms with E-state index in [9.17, 15) is 18.4 Å². The molecule has 2 heterocycles. The van der Waals surface area contributed by atoms with E-state index in [4.69, 9.17) is 10.5 Å². The second kappa shape index (κ2) is 8.28. The molecule has 1 aromatic rings. The number of nitrogens with one attached hydrogen (secondary N) is 1. The Hall–Kier alpha value is -2.45. The first-order valence-corrected chi connectivity index (χ1v) is 9.63. The molecule has 0 unspecified atom stereocenters. The topological polar surface area (TPSA) is 97.5 Å². The van der Waals surface area contributed by atoms with Gasteiger partial charge in [0.1, 0.15) is 0 Å². The fourth-order valence-corrected chi connectivity index (χ4v) is 3.18. The maximum Gasteiger partial charge on any atom is 0.282 e. The second-order valence-electron chi connectivity index (χ2n) is 7.61. The van der Waals surface area contributed by atoms with Crippen molar-refractivity contribution in [3.63, 3.8) is 0 Å². The van der Waals surface area contributed by atoms with Gasteiger partial charge >= 0.3 is 0 Å². The molecule has 1 saturated carbocycles.